The van der Waals surface area contributed by atoms with Crippen LogP contribution in [-0.2, 0) is 0 Å². The maximum Gasteiger partial charge on any atom is 0.109 e. The minimum absolute atomic E-state index is 0.440. The Hall–Kier alpha value is -1.18. The van der Waals surface area contributed by atoms with Crippen molar-refractivity contribution in [3.8, 4) is 11.3 Å². The van der Waals surface area contributed by atoms with Gasteiger partial charge in [0.05, 0.1) is 5.69 Å². The third-order valence-corrected chi connectivity index (χ3v) is 4.01. The smallest absolute Gasteiger partial charge is 0.109 e. The van der Waals surface area contributed by atoms with Crippen LogP contribution >= 0.6 is 23.2 Å². The summed E-state index contributed by atoms with van der Waals surface area (Å²) in [6, 6.07) is 10.2. The molecule has 3 rings (SSSR count). The fourth-order valence-corrected chi connectivity index (χ4v) is 2.87. The van der Waals surface area contributed by atoms with Crippen LogP contribution in [0, 0.1) is 0 Å². The Morgan fingerprint density at radius 2 is 2.06 bits per heavy atom. The summed E-state index contributed by atoms with van der Waals surface area (Å²) in [7, 11) is 0. The van der Waals surface area contributed by atoms with Crippen LogP contribution in [0.1, 0.15) is 24.8 Å². The van der Waals surface area contributed by atoms with Crippen LogP contribution in [0.25, 0.3) is 16.4 Å². The van der Waals surface area contributed by atoms with E-state index in [-0.39, 0.29) is 0 Å². The van der Waals surface area contributed by atoms with Crippen molar-refractivity contribution in [3.63, 3.8) is 0 Å². The van der Waals surface area contributed by atoms with Gasteiger partial charge in [-0.05, 0) is 48.2 Å². The molecule has 0 fully saturated rings. The third kappa shape index (κ3) is 1.88. The van der Waals surface area contributed by atoms with E-state index in [1.165, 1.54) is 11.1 Å². The van der Waals surface area contributed by atoms with Gasteiger partial charge in [0, 0.05) is 16.8 Å². The summed E-state index contributed by atoms with van der Waals surface area (Å²) in [6.07, 6.45) is 4.99. The molecule has 0 spiro atoms. The molecule has 0 amide bonds. The Balaban J connectivity index is 2.31. The maximum absolute atomic E-state index is 6.33. The Morgan fingerprint density at radius 1 is 1.22 bits per heavy atom. The molecule has 1 unspecified atom stereocenters. The highest BCUT2D eigenvalue weighted by Gasteiger charge is 2.18. The van der Waals surface area contributed by atoms with Gasteiger partial charge < -0.3 is 4.57 Å². The zero-order valence-corrected chi connectivity index (χ0v) is 11.5. The molecule has 18 heavy (non-hydrogen) atoms. The van der Waals surface area contributed by atoms with Gasteiger partial charge in [-0.2, -0.15) is 0 Å². The summed E-state index contributed by atoms with van der Waals surface area (Å²) >= 11 is 12.5. The first-order valence-corrected chi connectivity index (χ1v) is 6.75. The summed E-state index contributed by atoms with van der Waals surface area (Å²) in [4.78, 5) is 0. The van der Waals surface area contributed by atoms with Gasteiger partial charge in [0.1, 0.15) is 5.16 Å². The molecular formula is C15H13Cl2N. The predicted molar refractivity (Wildman–Crippen MR) is 78.0 cm³/mol. The normalized spacial score (nSPS) is 18.4. The number of hydrogen-bond donors (Lipinski definition) is 0. The first-order chi connectivity index (χ1) is 8.66. The lowest BCUT2D eigenvalue weighted by Crippen LogP contribution is -2.03. The predicted octanol–water partition coefficient (Wildman–Crippen LogP) is 5.35. The van der Waals surface area contributed by atoms with Crippen molar-refractivity contribution in [2.45, 2.75) is 19.3 Å². The monoisotopic (exact) mass is 277 g/mol. The number of aromatic nitrogens is 1. The Bertz CT molecular complexity index is 625. The first kappa shape index (κ1) is 11.9. The van der Waals surface area contributed by atoms with Crippen molar-refractivity contribution in [2.24, 2.45) is 0 Å². The van der Waals surface area contributed by atoms with Crippen LogP contribution in [0.15, 0.2) is 42.6 Å². The van der Waals surface area contributed by atoms with E-state index in [0.29, 0.717) is 5.92 Å². The molecule has 0 saturated heterocycles. The molecule has 2 heterocycles. The van der Waals surface area contributed by atoms with Gasteiger partial charge in [0.25, 0.3) is 0 Å². The zero-order chi connectivity index (χ0) is 12.7. The quantitative estimate of drug-likeness (QED) is 0.612. The number of allylic oxidation sites excluding steroid dienone is 1. The average molecular weight is 278 g/mol. The molecule has 0 radical (unpaired) electrons. The van der Waals surface area contributed by atoms with Crippen LogP contribution in [0.2, 0.25) is 5.02 Å². The minimum Gasteiger partial charge on any atom is -0.307 e. The molecule has 1 aliphatic heterocycles. The number of halogens is 2. The zero-order valence-electron chi connectivity index (χ0n) is 10.0. The van der Waals surface area contributed by atoms with E-state index in [1.54, 1.807) is 0 Å². The summed E-state index contributed by atoms with van der Waals surface area (Å²) < 4.78 is 2.00. The van der Waals surface area contributed by atoms with Gasteiger partial charge >= 0.3 is 0 Å². The second kappa shape index (κ2) is 4.49. The highest BCUT2D eigenvalue weighted by molar-refractivity contribution is 6.45. The van der Waals surface area contributed by atoms with Crippen molar-refractivity contribution < 1.29 is 0 Å². The van der Waals surface area contributed by atoms with Crippen molar-refractivity contribution >= 4 is 28.4 Å². The van der Waals surface area contributed by atoms with Crippen molar-refractivity contribution in [1.82, 2.24) is 4.57 Å². The second-order valence-electron chi connectivity index (χ2n) is 4.66. The number of benzene rings is 1. The summed E-state index contributed by atoms with van der Waals surface area (Å²) in [5, 5.41) is 1.52. The van der Waals surface area contributed by atoms with E-state index < -0.39 is 0 Å². The van der Waals surface area contributed by atoms with Crippen LogP contribution in [0.5, 0.6) is 0 Å². The van der Waals surface area contributed by atoms with E-state index in [1.807, 2.05) is 29.0 Å². The number of rotatable bonds is 0. The molecule has 1 nitrogen and oxygen atoms in total. The molecule has 2 aromatic rings. The topological polar surface area (TPSA) is 4.93 Å². The standard InChI is InChI=1S/C15H13Cl2N/c1-10-4-7-15(17)18-8-2-3-14(18)13-9-11(16)5-6-12(10)13/h2-3,5-10H,4H2,1H3. The molecule has 1 atom stereocenters. The summed E-state index contributed by atoms with van der Waals surface area (Å²) in [6.45, 7) is 2.21. The van der Waals surface area contributed by atoms with E-state index in [2.05, 4.69) is 25.1 Å². The van der Waals surface area contributed by atoms with Crippen LogP contribution < -0.4 is 0 Å². The van der Waals surface area contributed by atoms with E-state index >= 15 is 0 Å². The van der Waals surface area contributed by atoms with Crippen molar-refractivity contribution in [1.29, 1.82) is 0 Å². The lowest BCUT2D eigenvalue weighted by Gasteiger charge is -2.20. The lowest BCUT2D eigenvalue weighted by molar-refractivity contribution is 0.777. The summed E-state index contributed by atoms with van der Waals surface area (Å²) in [5.41, 5.74) is 3.59. The molecule has 1 aromatic carbocycles. The first-order valence-electron chi connectivity index (χ1n) is 6.00. The molecule has 3 heteroatoms. The fraction of sp³-hybridized carbons (Fsp3) is 0.200. The molecule has 0 N–H and O–H groups in total. The van der Waals surface area contributed by atoms with E-state index in [9.17, 15) is 0 Å². The van der Waals surface area contributed by atoms with Gasteiger partial charge in [-0.25, -0.2) is 0 Å². The Labute approximate surface area is 117 Å². The van der Waals surface area contributed by atoms with Gasteiger partial charge in [0.15, 0.2) is 0 Å². The Kier molecular flexibility index (Phi) is 2.96. The van der Waals surface area contributed by atoms with Gasteiger partial charge in [-0.3, -0.25) is 0 Å². The van der Waals surface area contributed by atoms with Crippen LogP contribution in [0.4, 0.5) is 0 Å². The fourth-order valence-electron chi connectivity index (χ4n) is 2.47. The lowest BCUT2D eigenvalue weighted by atomic mass is 9.91. The molecule has 0 bridgehead atoms. The van der Waals surface area contributed by atoms with Crippen LogP contribution in [-0.4, -0.2) is 4.57 Å². The molecular weight excluding hydrogens is 265 g/mol. The van der Waals surface area contributed by atoms with Gasteiger partial charge in [0.2, 0.25) is 0 Å². The van der Waals surface area contributed by atoms with Crippen molar-refractivity contribution in [2.75, 3.05) is 0 Å². The highest BCUT2D eigenvalue weighted by Crippen LogP contribution is 2.37. The maximum atomic E-state index is 6.33. The summed E-state index contributed by atoms with van der Waals surface area (Å²) in [5.74, 6) is 0.440. The molecule has 0 aliphatic carbocycles. The number of nitrogens with zero attached hydrogens (tertiary/aromatic N) is 1. The molecule has 1 aliphatic rings. The number of fused-ring (bicyclic) bond motifs is 3. The van der Waals surface area contributed by atoms with Crippen molar-refractivity contribution in [3.05, 3.63) is 53.2 Å². The Morgan fingerprint density at radius 3 is 2.89 bits per heavy atom. The molecule has 0 saturated carbocycles. The second-order valence-corrected chi connectivity index (χ2v) is 5.48. The third-order valence-electron chi connectivity index (χ3n) is 3.44. The van der Waals surface area contributed by atoms with Gasteiger partial charge in [-0.1, -0.05) is 36.2 Å². The SMILES string of the molecule is CC1CC=C(Cl)n2cccc2-c2cc(Cl)ccc21. The highest BCUT2D eigenvalue weighted by atomic mass is 35.5. The van der Waals surface area contributed by atoms with E-state index in [0.717, 1.165) is 22.3 Å². The minimum atomic E-state index is 0.440. The molecule has 1 aromatic heterocycles. The van der Waals surface area contributed by atoms with E-state index in [4.69, 9.17) is 23.2 Å². The average Bonchev–Trinajstić information content (AvgIpc) is 2.83. The molecule has 92 valence electrons. The largest absolute Gasteiger partial charge is 0.307 e. The number of hydrogen-bond acceptors (Lipinski definition) is 0. The van der Waals surface area contributed by atoms with Gasteiger partial charge in [-0.15, -0.1) is 0 Å². The van der Waals surface area contributed by atoms with Crippen LogP contribution in [0.3, 0.4) is 0 Å².